The van der Waals surface area contributed by atoms with Gasteiger partial charge in [0.25, 0.3) is 0 Å². The van der Waals surface area contributed by atoms with Gasteiger partial charge in [-0.1, -0.05) is 20.3 Å². The Labute approximate surface area is 74.3 Å². The molecule has 72 valence electrons. The van der Waals surface area contributed by atoms with Gasteiger partial charge in [-0.3, -0.25) is 4.79 Å². The van der Waals surface area contributed by atoms with Gasteiger partial charge < -0.3 is 10.5 Å². The Balaban J connectivity index is 3.67. The average Bonchev–Trinajstić information content (AvgIpc) is 2.03. The Morgan fingerprint density at radius 3 is 2.50 bits per heavy atom. The van der Waals surface area contributed by atoms with Crippen molar-refractivity contribution >= 4 is 5.97 Å². The normalized spacial score (nSPS) is 15.3. The van der Waals surface area contributed by atoms with Crippen molar-refractivity contribution in [2.45, 2.75) is 39.7 Å². The molecule has 0 amide bonds. The predicted octanol–water partition coefficient (Wildman–Crippen LogP) is 1.31. The summed E-state index contributed by atoms with van der Waals surface area (Å²) >= 11 is 0. The molecule has 0 aromatic heterocycles. The second-order valence-electron chi connectivity index (χ2n) is 3.06. The highest BCUT2D eigenvalue weighted by Gasteiger charge is 2.15. The van der Waals surface area contributed by atoms with E-state index in [2.05, 4.69) is 6.92 Å². The summed E-state index contributed by atoms with van der Waals surface area (Å²) in [5.41, 5.74) is 5.76. The first-order valence-corrected chi connectivity index (χ1v) is 4.53. The molecule has 0 unspecified atom stereocenters. The molecular formula is C9H19NO2. The topological polar surface area (TPSA) is 52.3 Å². The zero-order valence-corrected chi connectivity index (χ0v) is 8.17. The summed E-state index contributed by atoms with van der Waals surface area (Å²) < 4.78 is 4.79. The Kier molecular flexibility index (Phi) is 5.72. The van der Waals surface area contributed by atoms with Gasteiger partial charge in [0.05, 0.1) is 13.0 Å². The van der Waals surface area contributed by atoms with Crippen LogP contribution in [-0.2, 0) is 9.53 Å². The van der Waals surface area contributed by atoms with Crippen LogP contribution in [0.15, 0.2) is 0 Å². The molecule has 3 heteroatoms. The second kappa shape index (κ2) is 6.00. The summed E-state index contributed by atoms with van der Waals surface area (Å²) in [4.78, 5) is 11.0. The minimum absolute atomic E-state index is 0.0611. The number of nitrogens with two attached hydrogens (primary N) is 1. The molecule has 3 nitrogen and oxygen atoms in total. The van der Waals surface area contributed by atoms with E-state index in [1.165, 1.54) is 0 Å². The Morgan fingerprint density at radius 1 is 1.50 bits per heavy atom. The van der Waals surface area contributed by atoms with Gasteiger partial charge in [0, 0.05) is 6.04 Å². The highest BCUT2D eigenvalue weighted by Crippen LogP contribution is 2.08. The smallest absolute Gasteiger partial charge is 0.307 e. The van der Waals surface area contributed by atoms with E-state index in [-0.39, 0.29) is 12.0 Å². The first kappa shape index (κ1) is 11.4. The van der Waals surface area contributed by atoms with Gasteiger partial charge in [-0.2, -0.15) is 0 Å². The molecule has 0 fully saturated rings. The summed E-state index contributed by atoms with van der Waals surface area (Å²) in [5, 5.41) is 0. The monoisotopic (exact) mass is 173 g/mol. The molecule has 0 heterocycles. The lowest BCUT2D eigenvalue weighted by Gasteiger charge is -2.16. The quantitative estimate of drug-likeness (QED) is 0.638. The van der Waals surface area contributed by atoms with E-state index >= 15 is 0 Å². The zero-order valence-electron chi connectivity index (χ0n) is 8.17. The molecule has 0 bridgehead atoms. The largest absolute Gasteiger partial charge is 0.466 e. The predicted molar refractivity (Wildman–Crippen MR) is 48.7 cm³/mol. The lowest BCUT2D eigenvalue weighted by molar-refractivity contribution is -0.143. The third-order valence-corrected chi connectivity index (χ3v) is 2.08. The number of hydrogen-bond donors (Lipinski definition) is 1. The molecule has 0 aromatic carbocycles. The van der Waals surface area contributed by atoms with Crippen LogP contribution in [-0.4, -0.2) is 18.6 Å². The number of ether oxygens (including phenoxy) is 1. The molecule has 0 aliphatic heterocycles. The van der Waals surface area contributed by atoms with E-state index < -0.39 is 0 Å². The van der Waals surface area contributed by atoms with Crippen molar-refractivity contribution in [3.8, 4) is 0 Å². The van der Waals surface area contributed by atoms with Crippen molar-refractivity contribution in [3.05, 3.63) is 0 Å². The first-order valence-electron chi connectivity index (χ1n) is 4.53. The lowest BCUT2D eigenvalue weighted by atomic mass is 9.97. The van der Waals surface area contributed by atoms with E-state index in [1.807, 2.05) is 6.92 Å². The molecule has 0 radical (unpaired) electrons. The maximum Gasteiger partial charge on any atom is 0.307 e. The van der Waals surface area contributed by atoms with Crippen molar-refractivity contribution in [2.75, 3.05) is 6.61 Å². The van der Waals surface area contributed by atoms with Crippen LogP contribution in [0.2, 0.25) is 0 Å². The van der Waals surface area contributed by atoms with Gasteiger partial charge in [-0.05, 0) is 12.8 Å². The zero-order chi connectivity index (χ0) is 9.56. The van der Waals surface area contributed by atoms with Gasteiger partial charge in [-0.25, -0.2) is 0 Å². The minimum Gasteiger partial charge on any atom is -0.466 e. The fourth-order valence-corrected chi connectivity index (χ4v) is 0.916. The molecule has 0 aliphatic rings. The van der Waals surface area contributed by atoms with E-state index in [4.69, 9.17) is 10.5 Å². The lowest BCUT2D eigenvalue weighted by Crippen LogP contribution is -2.31. The van der Waals surface area contributed by atoms with Gasteiger partial charge in [0.2, 0.25) is 0 Å². The molecule has 0 rings (SSSR count). The van der Waals surface area contributed by atoms with Crippen LogP contribution in [0, 0.1) is 5.92 Å². The van der Waals surface area contributed by atoms with Gasteiger partial charge in [0.15, 0.2) is 0 Å². The van der Waals surface area contributed by atoms with Crippen LogP contribution in [0.3, 0.4) is 0 Å². The Bertz CT molecular complexity index is 136. The second-order valence-corrected chi connectivity index (χ2v) is 3.06. The Hall–Kier alpha value is -0.570. The first-order chi connectivity index (χ1) is 5.61. The minimum atomic E-state index is -0.190. The number of hydrogen-bond acceptors (Lipinski definition) is 3. The number of carbonyl (C=O) groups excluding carboxylic acids is 1. The van der Waals surface area contributed by atoms with Crippen LogP contribution >= 0.6 is 0 Å². The van der Waals surface area contributed by atoms with Crippen LogP contribution in [0.5, 0.6) is 0 Å². The van der Waals surface area contributed by atoms with Crippen molar-refractivity contribution in [1.29, 1.82) is 0 Å². The molecule has 0 saturated heterocycles. The third kappa shape index (κ3) is 4.34. The van der Waals surface area contributed by atoms with Crippen LogP contribution in [0.1, 0.15) is 33.6 Å². The molecule has 12 heavy (non-hydrogen) atoms. The van der Waals surface area contributed by atoms with E-state index in [1.54, 1.807) is 6.92 Å². The summed E-state index contributed by atoms with van der Waals surface area (Å²) in [6.07, 6.45) is 1.34. The maximum absolute atomic E-state index is 11.0. The standard InChI is InChI=1S/C9H19NO2/c1-4-7(3)8(10)6-9(11)12-5-2/h7-8H,4-6,10H2,1-3H3/t7-,8+/m0/s1. The fraction of sp³-hybridized carbons (Fsp3) is 0.889. The van der Waals surface area contributed by atoms with Gasteiger partial charge >= 0.3 is 5.97 Å². The molecule has 2 N–H and O–H groups in total. The van der Waals surface area contributed by atoms with Crippen molar-refractivity contribution in [2.24, 2.45) is 11.7 Å². The van der Waals surface area contributed by atoms with Crippen molar-refractivity contribution in [1.82, 2.24) is 0 Å². The number of esters is 1. The molecule has 2 atom stereocenters. The third-order valence-electron chi connectivity index (χ3n) is 2.08. The van der Waals surface area contributed by atoms with Gasteiger partial charge in [0.1, 0.15) is 0 Å². The highest BCUT2D eigenvalue weighted by molar-refractivity contribution is 5.70. The SMILES string of the molecule is CCOC(=O)C[C@@H](N)[C@@H](C)CC. The van der Waals surface area contributed by atoms with E-state index in [0.29, 0.717) is 18.9 Å². The summed E-state index contributed by atoms with van der Waals surface area (Å²) in [6.45, 7) is 6.35. The van der Waals surface area contributed by atoms with E-state index in [9.17, 15) is 4.79 Å². The molecule has 0 saturated carbocycles. The van der Waals surface area contributed by atoms with Crippen LogP contribution in [0.25, 0.3) is 0 Å². The van der Waals surface area contributed by atoms with Gasteiger partial charge in [-0.15, -0.1) is 0 Å². The number of carbonyl (C=O) groups is 1. The summed E-state index contributed by atoms with van der Waals surface area (Å²) in [6, 6.07) is -0.0611. The molecule has 0 aromatic rings. The molecule has 0 aliphatic carbocycles. The maximum atomic E-state index is 11.0. The molecule has 0 spiro atoms. The Morgan fingerprint density at radius 2 is 2.08 bits per heavy atom. The summed E-state index contributed by atoms with van der Waals surface area (Å²) in [7, 11) is 0. The van der Waals surface area contributed by atoms with E-state index in [0.717, 1.165) is 6.42 Å². The highest BCUT2D eigenvalue weighted by atomic mass is 16.5. The average molecular weight is 173 g/mol. The van der Waals surface area contributed by atoms with Crippen LogP contribution < -0.4 is 5.73 Å². The fourth-order valence-electron chi connectivity index (χ4n) is 0.916. The molecular weight excluding hydrogens is 154 g/mol. The van der Waals surface area contributed by atoms with Crippen LogP contribution in [0.4, 0.5) is 0 Å². The number of rotatable bonds is 5. The van der Waals surface area contributed by atoms with Crippen molar-refractivity contribution in [3.63, 3.8) is 0 Å². The summed E-state index contributed by atoms with van der Waals surface area (Å²) in [5.74, 6) is 0.194. The van der Waals surface area contributed by atoms with Crippen molar-refractivity contribution < 1.29 is 9.53 Å².